The van der Waals surface area contributed by atoms with Crippen molar-refractivity contribution in [3.05, 3.63) is 0 Å². The molecule has 1 aliphatic carbocycles. The smallest absolute Gasteiger partial charge is 0.0695 e. The fourth-order valence-corrected chi connectivity index (χ4v) is 2.71. The van der Waals surface area contributed by atoms with Gasteiger partial charge in [0, 0.05) is 25.7 Å². The summed E-state index contributed by atoms with van der Waals surface area (Å²) in [5.74, 6) is 0.672. The van der Waals surface area contributed by atoms with Crippen molar-refractivity contribution >= 4 is 0 Å². The lowest BCUT2D eigenvalue weighted by Crippen LogP contribution is -2.49. The lowest BCUT2D eigenvalue weighted by atomic mass is 9.91. The second-order valence-corrected chi connectivity index (χ2v) is 6.11. The Morgan fingerprint density at radius 1 is 1.12 bits per heavy atom. The molecule has 0 spiro atoms. The van der Waals surface area contributed by atoms with Gasteiger partial charge in [-0.05, 0) is 32.9 Å². The van der Waals surface area contributed by atoms with E-state index in [9.17, 15) is 5.11 Å². The molecule has 2 unspecified atom stereocenters. The molecule has 0 bridgehead atoms. The van der Waals surface area contributed by atoms with Gasteiger partial charge in [0.15, 0.2) is 0 Å². The van der Waals surface area contributed by atoms with Crippen molar-refractivity contribution in [2.75, 3.05) is 33.7 Å². The molecular weight excluding hydrogens is 212 g/mol. The largest absolute Gasteiger partial charge is 0.391 e. The Morgan fingerprint density at radius 2 is 1.76 bits per heavy atom. The highest BCUT2D eigenvalue weighted by Crippen LogP contribution is 2.23. The molecule has 1 fully saturated rings. The molecule has 3 heteroatoms. The van der Waals surface area contributed by atoms with Gasteiger partial charge in [-0.2, -0.15) is 0 Å². The van der Waals surface area contributed by atoms with Gasteiger partial charge >= 0.3 is 0 Å². The number of hydrogen-bond donors (Lipinski definition) is 1. The number of likely N-dealkylation sites (N-methyl/N-ethyl adjacent to an activating group) is 1. The van der Waals surface area contributed by atoms with E-state index in [0.29, 0.717) is 12.0 Å². The highest BCUT2D eigenvalue weighted by Gasteiger charge is 2.28. The third kappa shape index (κ3) is 5.36. The van der Waals surface area contributed by atoms with E-state index >= 15 is 0 Å². The van der Waals surface area contributed by atoms with Gasteiger partial charge in [0.2, 0.25) is 0 Å². The van der Waals surface area contributed by atoms with E-state index in [1.165, 1.54) is 19.3 Å². The molecule has 0 amide bonds. The van der Waals surface area contributed by atoms with Crippen LogP contribution in [0.4, 0.5) is 0 Å². The second kappa shape index (κ2) is 7.34. The van der Waals surface area contributed by atoms with Crippen molar-refractivity contribution in [1.82, 2.24) is 9.80 Å². The molecule has 102 valence electrons. The first-order valence-corrected chi connectivity index (χ1v) is 7.07. The van der Waals surface area contributed by atoms with Gasteiger partial charge in [0.1, 0.15) is 0 Å². The van der Waals surface area contributed by atoms with Gasteiger partial charge in [0.05, 0.1) is 6.10 Å². The molecule has 1 saturated carbocycles. The maximum Gasteiger partial charge on any atom is 0.0695 e. The van der Waals surface area contributed by atoms with Crippen LogP contribution in [-0.2, 0) is 0 Å². The summed E-state index contributed by atoms with van der Waals surface area (Å²) in [5, 5.41) is 10.2. The SMILES string of the molecule is CC(C)CN(CCN(C)C)C1CCCCC1O. The van der Waals surface area contributed by atoms with Crippen LogP contribution in [0.5, 0.6) is 0 Å². The molecule has 0 saturated heterocycles. The minimum Gasteiger partial charge on any atom is -0.391 e. The molecule has 0 radical (unpaired) electrons. The lowest BCUT2D eigenvalue weighted by molar-refractivity contribution is 0.0121. The first-order chi connectivity index (χ1) is 8.00. The summed E-state index contributed by atoms with van der Waals surface area (Å²) < 4.78 is 0. The third-order valence-corrected chi connectivity index (χ3v) is 3.60. The van der Waals surface area contributed by atoms with Crippen molar-refractivity contribution in [3.63, 3.8) is 0 Å². The zero-order valence-electron chi connectivity index (χ0n) is 12.0. The second-order valence-electron chi connectivity index (χ2n) is 6.11. The molecule has 1 N–H and O–H groups in total. The standard InChI is InChI=1S/C14H30N2O/c1-12(2)11-16(10-9-15(3)4)13-7-5-6-8-14(13)17/h12-14,17H,5-11H2,1-4H3. The zero-order chi connectivity index (χ0) is 12.8. The van der Waals surface area contributed by atoms with Gasteiger partial charge < -0.3 is 10.0 Å². The van der Waals surface area contributed by atoms with Crippen molar-refractivity contribution in [1.29, 1.82) is 0 Å². The van der Waals surface area contributed by atoms with Crippen LogP contribution in [0.1, 0.15) is 39.5 Å². The molecule has 0 aromatic carbocycles. The topological polar surface area (TPSA) is 26.7 Å². The van der Waals surface area contributed by atoms with Crippen molar-refractivity contribution < 1.29 is 5.11 Å². The van der Waals surface area contributed by atoms with Crippen LogP contribution < -0.4 is 0 Å². The maximum atomic E-state index is 10.2. The van der Waals surface area contributed by atoms with Crippen LogP contribution in [0.25, 0.3) is 0 Å². The summed E-state index contributed by atoms with van der Waals surface area (Å²) in [7, 11) is 4.23. The number of nitrogens with zero attached hydrogens (tertiary/aromatic N) is 2. The highest BCUT2D eigenvalue weighted by atomic mass is 16.3. The molecule has 1 rings (SSSR count). The minimum atomic E-state index is -0.107. The number of rotatable bonds is 6. The van der Waals surface area contributed by atoms with Crippen LogP contribution >= 0.6 is 0 Å². The first kappa shape index (κ1) is 14.9. The highest BCUT2D eigenvalue weighted by molar-refractivity contribution is 4.83. The summed E-state index contributed by atoms with van der Waals surface area (Å²) in [6, 6.07) is 0.395. The molecule has 3 nitrogen and oxygen atoms in total. The van der Waals surface area contributed by atoms with Gasteiger partial charge in [-0.3, -0.25) is 4.90 Å². The minimum absolute atomic E-state index is 0.107. The van der Waals surface area contributed by atoms with E-state index in [4.69, 9.17) is 0 Å². The molecule has 1 aliphatic rings. The quantitative estimate of drug-likeness (QED) is 0.769. The van der Waals surface area contributed by atoms with E-state index < -0.39 is 0 Å². The lowest BCUT2D eigenvalue weighted by Gasteiger charge is -2.39. The van der Waals surface area contributed by atoms with Crippen molar-refractivity contribution in [2.24, 2.45) is 5.92 Å². The fraction of sp³-hybridized carbons (Fsp3) is 1.00. The Balaban J connectivity index is 2.53. The van der Waals surface area contributed by atoms with Crippen LogP contribution in [-0.4, -0.2) is 60.8 Å². The van der Waals surface area contributed by atoms with Crippen LogP contribution in [0.3, 0.4) is 0 Å². The number of hydrogen-bond acceptors (Lipinski definition) is 3. The van der Waals surface area contributed by atoms with Crippen LogP contribution in [0, 0.1) is 5.92 Å². The Morgan fingerprint density at radius 3 is 2.29 bits per heavy atom. The van der Waals surface area contributed by atoms with Gasteiger partial charge in [0.25, 0.3) is 0 Å². The molecular formula is C14H30N2O. The number of aliphatic hydroxyl groups is 1. The summed E-state index contributed by atoms with van der Waals surface area (Å²) in [6.45, 7) is 7.79. The summed E-state index contributed by atoms with van der Waals surface area (Å²) in [5.41, 5.74) is 0. The maximum absolute atomic E-state index is 10.2. The Kier molecular flexibility index (Phi) is 6.45. The first-order valence-electron chi connectivity index (χ1n) is 7.07. The molecule has 2 atom stereocenters. The molecule has 17 heavy (non-hydrogen) atoms. The summed E-state index contributed by atoms with van der Waals surface area (Å²) in [4.78, 5) is 4.73. The average Bonchev–Trinajstić information content (AvgIpc) is 2.24. The molecule has 0 aromatic heterocycles. The van der Waals surface area contributed by atoms with Crippen molar-refractivity contribution in [3.8, 4) is 0 Å². The predicted octanol–water partition coefficient (Wildman–Crippen LogP) is 1.81. The molecule has 0 heterocycles. The van der Waals surface area contributed by atoms with E-state index in [-0.39, 0.29) is 6.10 Å². The Hall–Kier alpha value is -0.120. The van der Waals surface area contributed by atoms with E-state index in [0.717, 1.165) is 26.1 Å². The van der Waals surface area contributed by atoms with Gasteiger partial charge in [-0.15, -0.1) is 0 Å². The predicted molar refractivity (Wildman–Crippen MR) is 73.2 cm³/mol. The van der Waals surface area contributed by atoms with E-state index in [2.05, 4.69) is 37.7 Å². The average molecular weight is 242 g/mol. The Labute approximate surface area is 107 Å². The van der Waals surface area contributed by atoms with Gasteiger partial charge in [-0.25, -0.2) is 0 Å². The summed E-state index contributed by atoms with van der Waals surface area (Å²) in [6.07, 6.45) is 4.52. The third-order valence-electron chi connectivity index (χ3n) is 3.60. The normalized spacial score (nSPS) is 26.1. The zero-order valence-corrected chi connectivity index (χ0v) is 12.0. The van der Waals surface area contributed by atoms with Crippen molar-refractivity contribution in [2.45, 2.75) is 51.7 Å². The molecule has 0 aromatic rings. The van der Waals surface area contributed by atoms with E-state index in [1.807, 2.05) is 0 Å². The monoisotopic (exact) mass is 242 g/mol. The summed E-state index contributed by atoms with van der Waals surface area (Å²) >= 11 is 0. The number of aliphatic hydroxyl groups excluding tert-OH is 1. The molecule has 0 aliphatic heterocycles. The van der Waals surface area contributed by atoms with Crippen LogP contribution in [0.15, 0.2) is 0 Å². The fourth-order valence-electron chi connectivity index (χ4n) is 2.71. The Bertz CT molecular complexity index is 206. The van der Waals surface area contributed by atoms with Crippen LogP contribution in [0.2, 0.25) is 0 Å². The van der Waals surface area contributed by atoms with Gasteiger partial charge in [-0.1, -0.05) is 26.7 Å². The van der Waals surface area contributed by atoms with E-state index in [1.54, 1.807) is 0 Å².